The number of nitrogens with zero attached hydrogens (tertiary/aromatic N) is 1. The van der Waals surface area contributed by atoms with Gasteiger partial charge in [0.1, 0.15) is 11.2 Å². The lowest BCUT2D eigenvalue weighted by Gasteiger charge is -2.24. The molecule has 0 saturated heterocycles. The van der Waals surface area contributed by atoms with Crippen LogP contribution in [0.5, 0.6) is 0 Å². The van der Waals surface area contributed by atoms with E-state index in [0.29, 0.717) is 0 Å². The maximum absolute atomic E-state index is 6.45. The Bertz CT molecular complexity index is 2320. The van der Waals surface area contributed by atoms with Gasteiger partial charge in [-0.3, -0.25) is 4.98 Å². The van der Waals surface area contributed by atoms with Crippen LogP contribution in [0.25, 0.3) is 88.5 Å². The summed E-state index contributed by atoms with van der Waals surface area (Å²) in [5, 5.41) is 3.42. The number of para-hydroxylation sites is 2. The minimum absolute atomic E-state index is 0.912. The first-order valence-electron chi connectivity index (χ1n) is 14.0. The molecule has 6 aromatic carbocycles. The summed E-state index contributed by atoms with van der Waals surface area (Å²) in [6, 6.07) is 47.7. The summed E-state index contributed by atoms with van der Waals surface area (Å²) in [5.74, 6) is 0. The molecule has 0 spiro atoms. The molecule has 190 valence electrons. The zero-order valence-corrected chi connectivity index (χ0v) is 22.1. The van der Waals surface area contributed by atoms with Crippen LogP contribution in [0.2, 0.25) is 0 Å². The highest BCUT2D eigenvalue weighted by Gasteiger charge is 2.24. The van der Waals surface area contributed by atoms with Crippen LogP contribution in [-0.4, -0.2) is 4.98 Å². The molecule has 8 aromatic rings. The molecule has 2 heterocycles. The van der Waals surface area contributed by atoms with Gasteiger partial charge in [-0.15, -0.1) is 0 Å². The molecular weight excluding hydrogens is 498 g/mol. The Morgan fingerprint density at radius 3 is 1.93 bits per heavy atom. The molecule has 0 amide bonds. The molecule has 0 atom stereocenters. The van der Waals surface area contributed by atoms with Gasteiger partial charge >= 0.3 is 0 Å². The van der Waals surface area contributed by atoms with Crippen LogP contribution in [0.3, 0.4) is 0 Å². The maximum Gasteiger partial charge on any atom is 0.143 e. The highest BCUT2D eigenvalue weighted by molar-refractivity contribution is 6.12. The van der Waals surface area contributed by atoms with Gasteiger partial charge in [-0.25, -0.2) is 0 Å². The Morgan fingerprint density at radius 1 is 0.439 bits per heavy atom. The molecule has 41 heavy (non-hydrogen) atoms. The van der Waals surface area contributed by atoms with Gasteiger partial charge < -0.3 is 4.42 Å². The quantitative estimate of drug-likeness (QED) is 0.215. The number of aromatic nitrogens is 1. The Balaban J connectivity index is 1.41. The molecule has 0 N–H and O–H groups in total. The SMILES string of the molecule is c1ccc2c(c1)-c1ccccc1-c1ccc3cccnc3c1-c1ccc(-c3cccc4c3oc3ccccc34)cc1-2. The molecule has 2 aromatic heterocycles. The lowest BCUT2D eigenvalue weighted by molar-refractivity contribution is 0.670. The molecule has 2 heteroatoms. The molecular formula is C39H23NO. The second kappa shape index (κ2) is 8.51. The Labute approximate surface area is 237 Å². The van der Waals surface area contributed by atoms with Gasteiger partial charge in [-0.2, -0.15) is 0 Å². The van der Waals surface area contributed by atoms with Gasteiger partial charge in [-0.05, 0) is 62.7 Å². The lowest BCUT2D eigenvalue weighted by atomic mass is 9.79. The summed E-state index contributed by atoms with van der Waals surface area (Å²) in [6.07, 6.45) is 1.90. The first-order valence-corrected chi connectivity index (χ1v) is 14.0. The Kier molecular flexibility index (Phi) is 4.64. The molecule has 0 fully saturated rings. The lowest BCUT2D eigenvalue weighted by Crippen LogP contribution is -1.99. The van der Waals surface area contributed by atoms with Crippen molar-refractivity contribution in [2.24, 2.45) is 0 Å². The second-order valence-corrected chi connectivity index (χ2v) is 10.7. The number of hydrogen-bond donors (Lipinski definition) is 0. The van der Waals surface area contributed by atoms with Crippen LogP contribution in [0.1, 0.15) is 0 Å². The summed E-state index contributed by atoms with van der Waals surface area (Å²) in [6.45, 7) is 0. The zero-order chi connectivity index (χ0) is 26.9. The minimum atomic E-state index is 0.912. The number of hydrogen-bond acceptors (Lipinski definition) is 2. The average Bonchev–Trinajstić information content (AvgIpc) is 3.42. The van der Waals surface area contributed by atoms with Crippen LogP contribution >= 0.6 is 0 Å². The monoisotopic (exact) mass is 521 g/mol. The topological polar surface area (TPSA) is 26.0 Å². The third-order valence-corrected chi connectivity index (χ3v) is 8.50. The molecule has 9 rings (SSSR count). The smallest absolute Gasteiger partial charge is 0.143 e. The molecule has 0 saturated carbocycles. The van der Waals surface area contributed by atoms with Gasteiger partial charge in [0, 0.05) is 33.5 Å². The van der Waals surface area contributed by atoms with Crippen molar-refractivity contribution in [1.82, 2.24) is 4.98 Å². The van der Waals surface area contributed by atoms with E-state index in [-0.39, 0.29) is 0 Å². The number of fused-ring (bicyclic) bond motifs is 13. The van der Waals surface area contributed by atoms with Gasteiger partial charge in [0.05, 0.1) is 5.52 Å². The van der Waals surface area contributed by atoms with E-state index in [1.807, 2.05) is 24.4 Å². The van der Waals surface area contributed by atoms with Gasteiger partial charge in [0.25, 0.3) is 0 Å². The summed E-state index contributed by atoms with van der Waals surface area (Å²) >= 11 is 0. The molecule has 2 nitrogen and oxygen atoms in total. The van der Waals surface area contributed by atoms with Crippen molar-refractivity contribution in [2.45, 2.75) is 0 Å². The fraction of sp³-hybridized carbons (Fsp3) is 0. The Hall–Kier alpha value is -5.47. The van der Waals surface area contributed by atoms with E-state index < -0.39 is 0 Å². The highest BCUT2D eigenvalue weighted by atomic mass is 16.3. The van der Waals surface area contributed by atoms with E-state index in [1.165, 1.54) is 44.5 Å². The summed E-state index contributed by atoms with van der Waals surface area (Å²) in [5.41, 5.74) is 14.7. The van der Waals surface area contributed by atoms with Gasteiger partial charge in [0.2, 0.25) is 0 Å². The molecule has 1 aliphatic rings. The van der Waals surface area contributed by atoms with Crippen LogP contribution in [0.4, 0.5) is 0 Å². The van der Waals surface area contributed by atoms with E-state index in [4.69, 9.17) is 9.40 Å². The van der Waals surface area contributed by atoms with Crippen LogP contribution < -0.4 is 0 Å². The van der Waals surface area contributed by atoms with Crippen molar-refractivity contribution >= 4 is 32.8 Å². The first kappa shape index (κ1) is 22.4. The van der Waals surface area contributed by atoms with Gasteiger partial charge in [0.15, 0.2) is 0 Å². The van der Waals surface area contributed by atoms with E-state index in [9.17, 15) is 0 Å². The number of furan rings is 1. The van der Waals surface area contributed by atoms with Gasteiger partial charge in [-0.1, -0.05) is 115 Å². The van der Waals surface area contributed by atoms with E-state index in [1.54, 1.807) is 0 Å². The summed E-state index contributed by atoms with van der Waals surface area (Å²) < 4.78 is 6.45. The van der Waals surface area contributed by atoms with Crippen molar-refractivity contribution in [3.8, 4) is 55.6 Å². The van der Waals surface area contributed by atoms with E-state index in [0.717, 1.165) is 44.0 Å². The van der Waals surface area contributed by atoms with Crippen LogP contribution in [0.15, 0.2) is 144 Å². The average molecular weight is 522 g/mol. The number of rotatable bonds is 1. The van der Waals surface area contributed by atoms with Crippen molar-refractivity contribution in [1.29, 1.82) is 0 Å². The van der Waals surface area contributed by atoms with Crippen molar-refractivity contribution in [3.63, 3.8) is 0 Å². The maximum atomic E-state index is 6.45. The van der Waals surface area contributed by atoms with E-state index in [2.05, 4.69) is 115 Å². The van der Waals surface area contributed by atoms with E-state index >= 15 is 0 Å². The predicted octanol–water partition coefficient (Wildman–Crippen LogP) is 10.8. The standard InChI is InChI=1S/C39H23NO/c1-3-12-29-27(10-1)28-11-2-4-13-30(28)35-23-25(26-15-7-16-34-31-14-5-6-17-36(31)41-39(26)34)19-21-33(35)37-32(29)20-18-24-9-8-22-40-38(24)37/h1-23H. The third-order valence-electron chi connectivity index (χ3n) is 8.50. The number of pyridine rings is 1. The molecule has 0 radical (unpaired) electrons. The Morgan fingerprint density at radius 2 is 1.10 bits per heavy atom. The second-order valence-electron chi connectivity index (χ2n) is 10.7. The third kappa shape index (κ3) is 3.22. The minimum Gasteiger partial charge on any atom is -0.455 e. The van der Waals surface area contributed by atoms with Crippen LogP contribution in [-0.2, 0) is 0 Å². The highest BCUT2D eigenvalue weighted by Crippen LogP contribution is 2.50. The van der Waals surface area contributed by atoms with Crippen molar-refractivity contribution < 1.29 is 4.42 Å². The fourth-order valence-corrected chi connectivity index (χ4v) is 6.68. The summed E-state index contributed by atoms with van der Waals surface area (Å²) in [4.78, 5) is 4.93. The normalized spacial score (nSPS) is 11.9. The summed E-state index contributed by atoms with van der Waals surface area (Å²) in [7, 11) is 0. The largest absolute Gasteiger partial charge is 0.455 e. The first-order chi connectivity index (χ1) is 20.3. The molecule has 0 unspecified atom stereocenters. The molecule has 0 aliphatic heterocycles. The molecule has 0 bridgehead atoms. The predicted molar refractivity (Wildman–Crippen MR) is 170 cm³/mol. The fourth-order valence-electron chi connectivity index (χ4n) is 6.68. The number of benzene rings is 6. The molecule has 1 aliphatic carbocycles. The zero-order valence-electron chi connectivity index (χ0n) is 22.1. The van der Waals surface area contributed by atoms with Crippen molar-refractivity contribution in [2.75, 3.05) is 0 Å². The van der Waals surface area contributed by atoms with Crippen LogP contribution in [0, 0.1) is 0 Å². The van der Waals surface area contributed by atoms with Crippen molar-refractivity contribution in [3.05, 3.63) is 140 Å².